The second-order valence-corrected chi connectivity index (χ2v) is 15.4. The summed E-state index contributed by atoms with van der Waals surface area (Å²) in [6.07, 6.45) is 10.3. The van der Waals surface area contributed by atoms with E-state index in [1.165, 1.54) is 11.1 Å². The zero-order valence-electron chi connectivity index (χ0n) is 25.5. The van der Waals surface area contributed by atoms with Gasteiger partial charge in [-0.25, -0.2) is 13.1 Å². The van der Waals surface area contributed by atoms with E-state index in [0.717, 1.165) is 49.4 Å². The number of allylic oxidation sites excluding steroid dienone is 1. The standard InChI is InChI=1S/C34H42ClN3O5S/c1-3-27-8-4-5-9-30(36-22(2)39)28-13-10-25(28)19-38-20-34(16-6-7-23-17-26(35)12-14-29(23)34)21-43-32-15-11-24(18-31(32)38)33(40)37-44(27,41)42/h5,9,11-12,14-15,17-18,25,27-28,30H,3-4,6-8,10,13,16,19-21H2,1-2H3,(H,36,39)(H,37,40)/b9-5-/t25-,27+,28+,30+,34-/m0/s1. The third-order valence-electron chi connectivity index (χ3n) is 10.2. The van der Waals surface area contributed by atoms with Crippen LogP contribution in [0.2, 0.25) is 5.02 Å². The summed E-state index contributed by atoms with van der Waals surface area (Å²) in [5.74, 6) is 0.552. The maximum absolute atomic E-state index is 13.4. The number of anilines is 1. The highest BCUT2D eigenvalue weighted by molar-refractivity contribution is 7.90. The zero-order chi connectivity index (χ0) is 31.1. The quantitative estimate of drug-likeness (QED) is 0.419. The molecule has 2 aromatic carbocycles. The number of ether oxygens (including phenoxy) is 1. The van der Waals surface area contributed by atoms with Gasteiger partial charge in [0.1, 0.15) is 5.75 Å². The molecule has 5 atom stereocenters. The Hall–Kier alpha value is -3.04. The van der Waals surface area contributed by atoms with Crippen molar-refractivity contribution in [2.45, 2.75) is 81.9 Å². The van der Waals surface area contributed by atoms with Crippen LogP contribution in [0.15, 0.2) is 48.6 Å². The largest absolute Gasteiger partial charge is 0.490 e. The second-order valence-electron chi connectivity index (χ2n) is 13.0. The van der Waals surface area contributed by atoms with E-state index in [1.54, 1.807) is 25.1 Å². The van der Waals surface area contributed by atoms with Crippen molar-refractivity contribution in [3.8, 4) is 5.75 Å². The normalized spacial score (nSPS) is 30.4. The first-order valence-electron chi connectivity index (χ1n) is 15.9. The molecule has 44 heavy (non-hydrogen) atoms. The molecule has 4 aliphatic rings. The third kappa shape index (κ3) is 6.10. The lowest BCUT2D eigenvalue weighted by atomic mass is 9.68. The highest BCUT2D eigenvalue weighted by atomic mass is 35.5. The first-order valence-corrected chi connectivity index (χ1v) is 17.8. The minimum atomic E-state index is -3.90. The summed E-state index contributed by atoms with van der Waals surface area (Å²) in [7, 11) is -3.90. The van der Waals surface area contributed by atoms with Gasteiger partial charge in [-0.1, -0.05) is 36.7 Å². The third-order valence-corrected chi connectivity index (χ3v) is 12.3. The van der Waals surface area contributed by atoms with Crippen molar-refractivity contribution < 1.29 is 22.7 Å². The number of benzene rings is 2. The molecule has 2 aliphatic heterocycles. The molecule has 6 rings (SSSR count). The topological polar surface area (TPSA) is 105 Å². The average Bonchev–Trinajstić information content (AvgIpc) is 3.11. The highest BCUT2D eigenvalue weighted by Gasteiger charge is 2.44. The van der Waals surface area contributed by atoms with Gasteiger partial charge in [0.2, 0.25) is 15.9 Å². The molecule has 2 amide bonds. The van der Waals surface area contributed by atoms with Crippen LogP contribution in [-0.2, 0) is 26.7 Å². The summed E-state index contributed by atoms with van der Waals surface area (Å²) in [5, 5.41) is 3.18. The Morgan fingerprint density at radius 2 is 2.02 bits per heavy atom. The predicted octanol–water partition coefficient (Wildman–Crippen LogP) is 5.53. The number of rotatable bonds is 2. The van der Waals surface area contributed by atoms with E-state index in [9.17, 15) is 18.0 Å². The van der Waals surface area contributed by atoms with Crippen LogP contribution in [0.1, 0.15) is 80.3 Å². The van der Waals surface area contributed by atoms with Gasteiger partial charge in [0.15, 0.2) is 0 Å². The van der Waals surface area contributed by atoms with Gasteiger partial charge < -0.3 is 15.0 Å². The van der Waals surface area contributed by atoms with E-state index in [1.807, 2.05) is 25.1 Å². The highest BCUT2D eigenvalue weighted by Crippen LogP contribution is 2.46. The Morgan fingerprint density at radius 3 is 2.77 bits per heavy atom. The lowest BCUT2D eigenvalue weighted by molar-refractivity contribution is -0.120. The predicted molar refractivity (Wildman–Crippen MR) is 173 cm³/mol. The van der Waals surface area contributed by atoms with Crippen molar-refractivity contribution >= 4 is 39.1 Å². The van der Waals surface area contributed by atoms with E-state index >= 15 is 0 Å². The second kappa shape index (κ2) is 12.4. The number of hydrogen-bond donors (Lipinski definition) is 2. The summed E-state index contributed by atoms with van der Waals surface area (Å²) in [4.78, 5) is 28.0. The number of nitrogens with one attached hydrogen (secondary N) is 2. The van der Waals surface area contributed by atoms with E-state index in [2.05, 4.69) is 27.1 Å². The molecule has 1 fully saturated rings. The Balaban J connectivity index is 1.43. The van der Waals surface area contributed by atoms with Crippen LogP contribution < -0.4 is 19.7 Å². The number of fused-ring (bicyclic) bond motifs is 4. The molecule has 2 N–H and O–H groups in total. The van der Waals surface area contributed by atoms with Gasteiger partial charge >= 0.3 is 0 Å². The maximum Gasteiger partial charge on any atom is 0.264 e. The Labute approximate surface area is 265 Å². The number of halogens is 1. The number of carbonyl (C=O) groups is 2. The lowest BCUT2D eigenvalue weighted by Crippen LogP contribution is -2.51. The molecule has 236 valence electrons. The van der Waals surface area contributed by atoms with Crippen molar-refractivity contribution in [3.63, 3.8) is 0 Å². The number of nitrogens with zero attached hydrogens (tertiary/aromatic N) is 1. The molecular formula is C34H42ClN3O5S. The van der Waals surface area contributed by atoms with Gasteiger partial charge in [0, 0.05) is 36.0 Å². The molecular weight excluding hydrogens is 598 g/mol. The SMILES string of the molecule is CC[C@@H]1CC/C=C\[C@@H](NC(C)=O)[C@@H]2CC[C@H]2CN2C[C@@]3(CCCc4cc(Cl)ccc43)COc3ccc(cc32)C(=O)NS1(=O)=O. The van der Waals surface area contributed by atoms with E-state index < -0.39 is 21.2 Å². The number of hydrogen-bond acceptors (Lipinski definition) is 6. The van der Waals surface area contributed by atoms with Crippen LogP contribution in [0.5, 0.6) is 5.75 Å². The van der Waals surface area contributed by atoms with Gasteiger partial charge in [0.25, 0.3) is 5.91 Å². The Bertz CT molecular complexity index is 1580. The Kier molecular flexibility index (Phi) is 8.72. The fourth-order valence-corrected chi connectivity index (χ4v) is 9.36. The lowest BCUT2D eigenvalue weighted by Gasteiger charge is -2.46. The number of aryl methyl sites for hydroxylation is 1. The molecule has 2 heterocycles. The van der Waals surface area contributed by atoms with Crippen LogP contribution in [0, 0.1) is 11.8 Å². The fourth-order valence-electron chi connectivity index (χ4n) is 7.74. The minimum Gasteiger partial charge on any atom is -0.490 e. The maximum atomic E-state index is 13.4. The summed E-state index contributed by atoms with van der Waals surface area (Å²) < 4.78 is 35.5. The van der Waals surface area contributed by atoms with Crippen LogP contribution >= 0.6 is 11.6 Å². The molecule has 0 saturated heterocycles. The first kappa shape index (κ1) is 31.0. The van der Waals surface area contributed by atoms with Crippen LogP contribution in [0.3, 0.4) is 0 Å². The summed E-state index contributed by atoms with van der Waals surface area (Å²) in [6.45, 7) is 5.29. The van der Waals surface area contributed by atoms with E-state index in [-0.39, 0.29) is 28.8 Å². The molecule has 8 nitrogen and oxygen atoms in total. The molecule has 0 radical (unpaired) electrons. The minimum absolute atomic E-state index is 0.0778. The molecule has 1 spiro atoms. The van der Waals surface area contributed by atoms with Crippen LogP contribution in [-0.4, -0.2) is 51.2 Å². The zero-order valence-corrected chi connectivity index (χ0v) is 27.1. The molecule has 2 aromatic rings. The molecule has 0 unspecified atom stereocenters. The van der Waals surface area contributed by atoms with Crippen LogP contribution in [0.4, 0.5) is 5.69 Å². The smallest absolute Gasteiger partial charge is 0.264 e. The first-order chi connectivity index (χ1) is 21.1. The summed E-state index contributed by atoms with van der Waals surface area (Å²) in [5.41, 5.74) is 3.32. The van der Waals surface area contributed by atoms with Crippen molar-refractivity contribution in [1.82, 2.24) is 10.0 Å². The summed E-state index contributed by atoms with van der Waals surface area (Å²) >= 11 is 6.41. The molecule has 10 heteroatoms. The van der Waals surface area contributed by atoms with E-state index in [4.69, 9.17) is 16.3 Å². The van der Waals surface area contributed by atoms with Crippen molar-refractivity contribution in [2.24, 2.45) is 11.8 Å². The van der Waals surface area contributed by atoms with Gasteiger partial charge in [0.05, 0.1) is 23.6 Å². The van der Waals surface area contributed by atoms with Gasteiger partial charge in [-0.05, 0) is 105 Å². The van der Waals surface area contributed by atoms with Crippen molar-refractivity contribution in [2.75, 3.05) is 24.6 Å². The van der Waals surface area contributed by atoms with Gasteiger partial charge in [-0.15, -0.1) is 0 Å². The number of amides is 2. The van der Waals surface area contributed by atoms with Gasteiger partial charge in [-0.2, -0.15) is 0 Å². The van der Waals surface area contributed by atoms with E-state index in [0.29, 0.717) is 44.1 Å². The van der Waals surface area contributed by atoms with Crippen molar-refractivity contribution in [1.29, 1.82) is 0 Å². The molecule has 2 aliphatic carbocycles. The molecule has 2 bridgehead atoms. The number of carbonyl (C=O) groups excluding carboxylic acids is 2. The molecule has 0 aromatic heterocycles. The fraction of sp³-hybridized carbons (Fsp3) is 0.529. The molecule has 1 saturated carbocycles. The van der Waals surface area contributed by atoms with Crippen LogP contribution in [0.25, 0.3) is 0 Å². The summed E-state index contributed by atoms with van der Waals surface area (Å²) in [6, 6.07) is 11.3. The van der Waals surface area contributed by atoms with Gasteiger partial charge in [-0.3, -0.25) is 9.59 Å². The Morgan fingerprint density at radius 1 is 1.18 bits per heavy atom. The number of sulfonamides is 1. The monoisotopic (exact) mass is 639 g/mol. The average molecular weight is 640 g/mol. The van der Waals surface area contributed by atoms with Crippen molar-refractivity contribution in [3.05, 3.63) is 70.3 Å².